The Morgan fingerprint density at radius 2 is 2.00 bits per heavy atom. The summed E-state index contributed by atoms with van der Waals surface area (Å²) in [6.45, 7) is 0. The molecule has 2 heterocycles. The van der Waals surface area contributed by atoms with Crippen LogP contribution in [0.15, 0.2) is 41.5 Å². The number of nitrogens with one attached hydrogen (secondary N) is 1. The zero-order valence-electron chi connectivity index (χ0n) is 10.5. The predicted octanol–water partition coefficient (Wildman–Crippen LogP) is 1.54. The zero-order chi connectivity index (χ0) is 15.0. The molecule has 0 bridgehead atoms. The molecule has 0 radical (unpaired) electrons. The van der Waals surface area contributed by atoms with Crippen molar-refractivity contribution in [3.8, 4) is 5.95 Å². The van der Waals surface area contributed by atoms with Gasteiger partial charge in [-0.2, -0.15) is 0 Å². The van der Waals surface area contributed by atoms with Crippen LogP contribution in [0, 0.1) is 4.77 Å². The van der Waals surface area contributed by atoms with Gasteiger partial charge in [-0.3, -0.25) is 4.79 Å². The van der Waals surface area contributed by atoms with E-state index < -0.39 is 11.5 Å². The maximum Gasteiger partial charge on any atom is 0.335 e. The lowest BCUT2D eigenvalue weighted by Crippen LogP contribution is -2.22. The fourth-order valence-corrected chi connectivity index (χ4v) is 2.21. The first-order valence-electron chi connectivity index (χ1n) is 5.88. The topological polar surface area (TPSA) is 101 Å². The molecule has 0 saturated carbocycles. The number of hydrogen-bond acceptors (Lipinski definition) is 5. The first-order chi connectivity index (χ1) is 10.1. The molecule has 21 heavy (non-hydrogen) atoms. The molecule has 3 aromatic rings. The largest absolute Gasteiger partial charge is 0.478 e. The molecule has 7 nitrogen and oxygen atoms in total. The number of aromatic amines is 1. The fourth-order valence-electron chi connectivity index (χ4n) is 1.94. The molecular formula is C13H8N4O3S. The van der Waals surface area contributed by atoms with Crippen LogP contribution in [0.4, 0.5) is 0 Å². The molecule has 0 unspecified atom stereocenters. The second kappa shape index (κ2) is 4.91. The average Bonchev–Trinajstić information content (AvgIpc) is 2.47. The number of H-pyrrole nitrogens is 1. The Morgan fingerprint density at radius 3 is 2.67 bits per heavy atom. The average molecular weight is 300 g/mol. The second-order valence-electron chi connectivity index (χ2n) is 4.19. The van der Waals surface area contributed by atoms with Gasteiger partial charge in [0.2, 0.25) is 5.95 Å². The fraction of sp³-hybridized carbons (Fsp3) is 0. The van der Waals surface area contributed by atoms with Crippen LogP contribution in [-0.2, 0) is 0 Å². The second-order valence-corrected chi connectivity index (χ2v) is 4.57. The maximum atomic E-state index is 12.5. The molecule has 0 aliphatic heterocycles. The van der Waals surface area contributed by atoms with Crippen LogP contribution < -0.4 is 5.56 Å². The SMILES string of the molecule is O=C(O)c1ccc2c(=O)n(-c3ncccn3)c(=S)[nH]c2c1. The van der Waals surface area contributed by atoms with Gasteiger partial charge in [-0.1, -0.05) is 0 Å². The lowest BCUT2D eigenvalue weighted by molar-refractivity contribution is 0.0697. The van der Waals surface area contributed by atoms with Crippen LogP contribution in [0.5, 0.6) is 0 Å². The van der Waals surface area contributed by atoms with Crippen molar-refractivity contribution in [2.75, 3.05) is 0 Å². The molecule has 0 saturated heterocycles. The third-order valence-electron chi connectivity index (χ3n) is 2.90. The standard InChI is InChI=1S/C13H8N4O3S/c18-10-8-3-2-7(11(19)20)6-9(8)16-13(21)17(10)12-14-4-1-5-15-12/h1-6H,(H,16,21)(H,19,20). The lowest BCUT2D eigenvalue weighted by atomic mass is 10.1. The van der Waals surface area contributed by atoms with Gasteiger partial charge in [0, 0.05) is 12.4 Å². The van der Waals surface area contributed by atoms with E-state index in [4.69, 9.17) is 17.3 Å². The van der Waals surface area contributed by atoms with Crippen molar-refractivity contribution in [3.05, 3.63) is 57.3 Å². The number of nitrogens with zero attached hydrogens (tertiary/aromatic N) is 3. The Balaban J connectivity index is 2.36. The van der Waals surface area contributed by atoms with Crippen LogP contribution >= 0.6 is 12.2 Å². The van der Waals surface area contributed by atoms with Gasteiger partial charge in [0.15, 0.2) is 4.77 Å². The number of rotatable bonds is 2. The molecule has 2 aromatic heterocycles. The smallest absolute Gasteiger partial charge is 0.335 e. The van der Waals surface area contributed by atoms with Gasteiger partial charge in [0.25, 0.3) is 5.56 Å². The summed E-state index contributed by atoms with van der Waals surface area (Å²) < 4.78 is 1.26. The number of fused-ring (bicyclic) bond motifs is 1. The molecule has 3 rings (SSSR count). The van der Waals surface area contributed by atoms with E-state index in [1.54, 1.807) is 6.07 Å². The van der Waals surface area contributed by atoms with Crippen molar-refractivity contribution < 1.29 is 9.90 Å². The minimum Gasteiger partial charge on any atom is -0.478 e. The molecule has 0 spiro atoms. The van der Waals surface area contributed by atoms with Gasteiger partial charge in [-0.05, 0) is 36.5 Å². The van der Waals surface area contributed by atoms with Crippen molar-refractivity contribution in [2.45, 2.75) is 0 Å². The monoisotopic (exact) mass is 300 g/mol. The first kappa shape index (κ1) is 13.1. The lowest BCUT2D eigenvalue weighted by Gasteiger charge is -2.06. The van der Waals surface area contributed by atoms with E-state index in [0.29, 0.717) is 10.9 Å². The molecule has 0 fully saturated rings. The molecule has 0 aliphatic carbocycles. The van der Waals surface area contributed by atoms with Gasteiger partial charge in [-0.25, -0.2) is 19.3 Å². The zero-order valence-corrected chi connectivity index (χ0v) is 11.3. The van der Waals surface area contributed by atoms with Gasteiger partial charge >= 0.3 is 5.97 Å². The summed E-state index contributed by atoms with van der Waals surface area (Å²) in [5.74, 6) is -0.917. The molecule has 0 atom stereocenters. The summed E-state index contributed by atoms with van der Waals surface area (Å²) in [6.07, 6.45) is 3.00. The normalized spacial score (nSPS) is 10.7. The molecule has 1 aromatic carbocycles. The molecule has 8 heteroatoms. The summed E-state index contributed by atoms with van der Waals surface area (Å²) >= 11 is 5.14. The number of hydrogen-bond donors (Lipinski definition) is 2. The molecule has 0 aliphatic rings. The minimum atomic E-state index is -1.08. The summed E-state index contributed by atoms with van der Waals surface area (Å²) in [7, 11) is 0. The predicted molar refractivity (Wildman–Crippen MR) is 77.3 cm³/mol. The van der Waals surface area contributed by atoms with Crippen molar-refractivity contribution >= 4 is 29.1 Å². The van der Waals surface area contributed by atoms with E-state index >= 15 is 0 Å². The van der Waals surface area contributed by atoms with E-state index in [9.17, 15) is 9.59 Å². The molecule has 104 valence electrons. The van der Waals surface area contributed by atoms with Crippen LogP contribution in [0.3, 0.4) is 0 Å². The Kier molecular flexibility index (Phi) is 3.07. The van der Waals surface area contributed by atoms with E-state index in [-0.39, 0.29) is 16.3 Å². The minimum absolute atomic E-state index is 0.0706. The van der Waals surface area contributed by atoms with E-state index in [1.165, 1.54) is 30.6 Å². The number of carboxylic acid groups (broad SMARTS) is 1. The van der Waals surface area contributed by atoms with Crippen LogP contribution in [-0.4, -0.2) is 30.6 Å². The Morgan fingerprint density at radius 1 is 1.29 bits per heavy atom. The van der Waals surface area contributed by atoms with Gasteiger partial charge in [-0.15, -0.1) is 0 Å². The summed E-state index contributed by atoms with van der Waals surface area (Å²) in [4.78, 5) is 34.3. The highest BCUT2D eigenvalue weighted by atomic mass is 32.1. The summed E-state index contributed by atoms with van der Waals surface area (Å²) in [6, 6.07) is 5.79. The van der Waals surface area contributed by atoms with Crippen LogP contribution in [0.2, 0.25) is 0 Å². The Labute approximate surface area is 122 Å². The third-order valence-corrected chi connectivity index (χ3v) is 3.18. The third kappa shape index (κ3) is 2.21. The van der Waals surface area contributed by atoms with E-state index in [0.717, 1.165) is 4.57 Å². The molecular weight excluding hydrogens is 292 g/mol. The number of aromatic carboxylic acids is 1. The summed E-state index contributed by atoms with van der Waals surface area (Å²) in [5, 5.41) is 9.28. The van der Waals surface area contributed by atoms with E-state index in [1.807, 2.05) is 0 Å². The van der Waals surface area contributed by atoms with Crippen molar-refractivity contribution in [3.63, 3.8) is 0 Å². The number of carboxylic acids is 1. The maximum absolute atomic E-state index is 12.5. The van der Waals surface area contributed by atoms with Crippen LogP contribution in [0.25, 0.3) is 16.9 Å². The van der Waals surface area contributed by atoms with Crippen molar-refractivity contribution in [2.24, 2.45) is 0 Å². The van der Waals surface area contributed by atoms with Gasteiger partial charge < -0.3 is 10.1 Å². The quantitative estimate of drug-likeness (QED) is 0.696. The number of benzene rings is 1. The number of aromatic nitrogens is 4. The number of carbonyl (C=O) groups is 1. The highest BCUT2D eigenvalue weighted by Crippen LogP contribution is 2.11. The highest BCUT2D eigenvalue weighted by Gasteiger charge is 2.11. The van der Waals surface area contributed by atoms with Crippen molar-refractivity contribution in [1.29, 1.82) is 0 Å². The molecule has 0 amide bonds. The highest BCUT2D eigenvalue weighted by molar-refractivity contribution is 7.71. The Hall–Kier alpha value is -2.87. The first-order valence-corrected chi connectivity index (χ1v) is 6.28. The Bertz CT molecular complexity index is 963. The van der Waals surface area contributed by atoms with Crippen LogP contribution in [0.1, 0.15) is 10.4 Å². The van der Waals surface area contributed by atoms with Gasteiger partial charge in [0.1, 0.15) is 0 Å². The van der Waals surface area contributed by atoms with Crippen molar-refractivity contribution in [1.82, 2.24) is 19.5 Å². The summed E-state index contributed by atoms with van der Waals surface area (Å²) in [5.41, 5.74) is 0.0234. The van der Waals surface area contributed by atoms with E-state index in [2.05, 4.69) is 15.0 Å². The van der Waals surface area contributed by atoms with Gasteiger partial charge in [0.05, 0.1) is 16.5 Å². The molecule has 2 N–H and O–H groups in total.